The SMILES string of the molecule is COc1cc(CN2CCC3(CC2)C2=CC(C)(C)c4c(cc(OC)cc4OC)CN2C(=O)N3CCO)c(F)c(OC)c1. The van der Waals surface area contributed by atoms with Crippen LogP contribution in [0.3, 0.4) is 0 Å². The number of nitrogens with zero attached hydrogens (tertiary/aromatic N) is 3. The fraction of sp³-hybridized carbons (Fsp3) is 0.516. The molecule has 3 aliphatic heterocycles. The van der Waals surface area contributed by atoms with Crippen molar-refractivity contribution in [3.8, 4) is 23.0 Å². The van der Waals surface area contributed by atoms with E-state index in [2.05, 4.69) is 24.8 Å². The van der Waals surface area contributed by atoms with Gasteiger partial charge in [0.25, 0.3) is 0 Å². The fourth-order valence-electron chi connectivity index (χ4n) is 6.82. The summed E-state index contributed by atoms with van der Waals surface area (Å²) in [7, 11) is 6.26. The number of ether oxygens (including phenoxy) is 4. The van der Waals surface area contributed by atoms with E-state index in [1.165, 1.54) is 7.11 Å². The van der Waals surface area contributed by atoms with E-state index >= 15 is 4.39 Å². The highest BCUT2D eigenvalue weighted by atomic mass is 19.1. The first kappa shape index (κ1) is 29.0. The third-order valence-corrected chi connectivity index (χ3v) is 8.77. The number of hydrogen-bond donors (Lipinski definition) is 1. The molecule has 1 N–H and O–H groups in total. The van der Waals surface area contributed by atoms with Crippen LogP contribution in [0.15, 0.2) is 36.0 Å². The van der Waals surface area contributed by atoms with Crippen molar-refractivity contribution < 1.29 is 33.2 Å². The third-order valence-electron chi connectivity index (χ3n) is 8.77. The van der Waals surface area contributed by atoms with Gasteiger partial charge in [-0.15, -0.1) is 0 Å². The number of urea groups is 1. The number of benzene rings is 2. The summed E-state index contributed by atoms with van der Waals surface area (Å²) in [5.41, 5.74) is 2.41. The van der Waals surface area contributed by atoms with Crippen LogP contribution in [0.25, 0.3) is 0 Å². The van der Waals surface area contributed by atoms with E-state index in [1.807, 2.05) is 21.9 Å². The number of amides is 2. The first-order chi connectivity index (χ1) is 19.6. The molecular formula is C31H40FN3O6. The number of carbonyl (C=O) groups excluding carboxylic acids is 1. The molecule has 2 aromatic rings. The normalized spacial score (nSPS) is 19.4. The minimum Gasteiger partial charge on any atom is -0.497 e. The minimum atomic E-state index is -0.586. The van der Waals surface area contributed by atoms with E-state index < -0.39 is 16.8 Å². The number of β-amino-alcohol motifs (C(OH)–C–C–N with tert-alkyl or cyclic N) is 1. The maximum atomic E-state index is 15.1. The largest absolute Gasteiger partial charge is 0.497 e. The lowest BCUT2D eigenvalue weighted by molar-refractivity contribution is 0.0740. The summed E-state index contributed by atoms with van der Waals surface area (Å²) in [4.78, 5) is 19.9. The number of piperidine rings is 1. The molecule has 0 bridgehead atoms. The summed E-state index contributed by atoms with van der Waals surface area (Å²) in [6, 6.07) is 6.99. The van der Waals surface area contributed by atoms with Crippen molar-refractivity contribution in [1.29, 1.82) is 0 Å². The van der Waals surface area contributed by atoms with Crippen molar-refractivity contribution in [2.75, 3.05) is 54.7 Å². The molecule has 0 atom stereocenters. The molecule has 2 saturated heterocycles. The van der Waals surface area contributed by atoms with Crippen molar-refractivity contribution in [3.05, 3.63) is 58.5 Å². The summed E-state index contributed by atoms with van der Waals surface area (Å²) < 4.78 is 37.0. The molecule has 3 aliphatic rings. The number of halogens is 1. The lowest BCUT2D eigenvalue weighted by Crippen LogP contribution is -2.54. The van der Waals surface area contributed by atoms with Crippen LogP contribution in [0.2, 0.25) is 0 Å². The third kappa shape index (κ3) is 4.86. The second-order valence-electron chi connectivity index (χ2n) is 11.5. The smallest absolute Gasteiger partial charge is 0.325 e. The summed E-state index contributed by atoms with van der Waals surface area (Å²) in [5.74, 6) is 1.68. The van der Waals surface area contributed by atoms with Crippen molar-refractivity contribution in [3.63, 3.8) is 0 Å². The number of fused-ring (bicyclic) bond motifs is 3. The van der Waals surface area contributed by atoms with Crippen LogP contribution in [0.5, 0.6) is 23.0 Å². The molecule has 0 aliphatic carbocycles. The Hall–Kier alpha value is -3.50. The van der Waals surface area contributed by atoms with E-state index in [4.69, 9.17) is 18.9 Å². The second-order valence-corrected chi connectivity index (χ2v) is 11.5. The van der Waals surface area contributed by atoms with Crippen molar-refractivity contribution in [2.45, 2.75) is 50.7 Å². The number of carbonyl (C=O) groups is 1. The molecule has 3 heterocycles. The van der Waals surface area contributed by atoms with Gasteiger partial charge in [-0.3, -0.25) is 9.80 Å². The zero-order valence-electron chi connectivity index (χ0n) is 24.8. The topological polar surface area (TPSA) is 83.9 Å². The van der Waals surface area contributed by atoms with Crippen molar-refractivity contribution >= 4 is 6.03 Å². The zero-order valence-corrected chi connectivity index (χ0v) is 24.8. The average Bonchev–Trinajstić information content (AvgIpc) is 3.07. The van der Waals surface area contributed by atoms with E-state index in [0.29, 0.717) is 56.1 Å². The Morgan fingerprint density at radius 2 is 1.56 bits per heavy atom. The van der Waals surface area contributed by atoms with E-state index in [0.717, 1.165) is 22.6 Å². The zero-order chi connectivity index (χ0) is 29.5. The second kappa shape index (κ2) is 11.1. The molecule has 0 saturated carbocycles. The van der Waals surface area contributed by atoms with E-state index in [1.54, 1.807) is 33.5 Å². The monoisotopic (exact) mass is 569 g/mol. The number of allylic oxidation sites excluding steroid dienone is 1. The quantitative estimate of drug-likeness (QED) is 0.508. The highest BCUT2D eigenvalue weighted by Crippen LogP contribution is 2.50. The highest BCUT2D eigenvalue weighted by Gasteiger charge is 2.56. The molecule has 10 heteroatoms. The number of hydrogen-bond acceptors (Lipinski definition) is 7. The molecule has 2 amide bonds. The van der Waals surface area contributed by atoms with Crippen molar-refractivity contribution in [2.24, 2.45) is 0 Å². The maximum Gasteiger partial charge on any atom is 0.325 e. The first-order valence-corrected chi connectivity index (χ1v) is 13.9. The molecule has 2 aromatic carbocycles. The van der Waals surface area contributed by atoms with Gasteiger partial charge in [0, 0.05) is 60.6 Å². The van der Waals surface area contributed by atoms with Crippen molar-refractivity contribution in [1.82, 2.24) is 14.7 Å². The summed E-state index contributed by atoms with van der Waals surface area (Å²) in [5, 5.41) is 9.98. The van der Waals surface area contributed by atoms with E-state index in [-0.39, 0.29) is 24.9 Å². The Labute approximate surface area is 241 Å². The summed E-state index contributed by atoms with van der Waals surface area (Å²) in [6.45, 7) is 6.43. The standard InChI is InChI=1S/C31H40FN3O6/c1-30(2)17-26-31(7-9-33(10-8-31)18-21-14-23(39-4)16-25(41-6)28(21)32)35(11-12-36)29(37)34(26)19-20-13-22(38-3)15-24(40-5)27(20)30/h13-17,36H,7-12,18-19H2,1-6H3. The highest BCUT2D eigenvalue weighted by molar-refractivity contribution is 5.83. The van der Waals surface area contributed by atoms with Gasteiger partial charge in [-0.2, -0.15) is 0 Å². The Bertz CT molecular complexity index is 1350. The average molecular weight is 570 g/mol. The van der Waals surface area contributed by atoms with Gasteiger partial charge in [-0.1, -0.05) is 19.9 Å². The van der Waals surface area contributed by atoms with Gasteiger partial charge in [0.1, 0.15) is 17.2 Å². The van der Waals surface area contributed by atoms with Gasteiger partial charge in [-0.25, -0.2) is 9.18 Å². The number of likely N-dealkylation sites (tertiary alicyclic amines) is 1. The fourth-order valence-corrected chi connectivity index (χ4v) is 6.82. The van der Waals surface area contributed by atoms with Gasteiger partial charge in [0.05, 0.1) is 47.1 Å². The molecule has 5 rings (SSSR count). The first-order valence-electron chi connectivity index (χ1n) is 13.9. The number of aliphatic hydroxyl groups is 1. The van der Waals surface area contributed by atoms with E-state index in [9.17, 15) is 9.90 Å². The molecule has 0 unspecified atom stereocenters. The molecular weight excluding hydrogens is 529 g/mol. The molecule has 1 spiro atoms. The Morgan fingerprint density at radius 1 is 0.927 bits per heavy atom. The predicted molar refractivity (Wildman–Crippen MR) is 152 cm³/mol. The van der Waals surface area contributed by atoms with Crippen LogP contribution in [0.4, 0.5) is 9.18 Å². The van der Waals surface area contributed by atoms with Gasteiger partial charge in [0.15, 0.2) is 11.6 Å². The molecule has 41 heavy (non-hydrogen) atoms. The van der Waals surface area contributed by atoms with Crippen LogP contribution in [-0.4, -0.2) is 86.1 Å². The number of rotatable bonds is 8. The van der Waals surface area contributed by atoms with Gasteiger partial charge < -0.3 is 29.0 Å². The lowest BCUT2D eigenvalue weighted by Gasteiger charge is -2.45. The lowest BCUT2D eigenvalue weighted by atomic mass is 9.77. The van der Waals surface area contributed by atoms with Gasteiger partial charge >= 0.3 is 6.03 Å². The Balaban J connectivity index is 1.49. The maximum absolute atomic E-state index is 15.1. The van der Waals surface area contributed by atoms with Crippen LogP contribution in [-0.2, 0) is 18.5 Å². The molecule has 0 radical (unpaired) electrons. The van der Waals surface area contributed by atoms with Crippen LogP contribution >= 0.6 is 0 Å². The van der Waals surface area contributed by atoms with Crippen LogP contribution in [0, 0.1) is 5.82 Å². The summed E-state index contributed by atoms with van der Waals surface area (Å²) >= 11 is 0. The molecule has 9 nitrogen and oxygen atoms in total. The van der Waals surface area contributed by atoms with Gasteiger partial charge in [-0.05, 0) is 30.5 Å². The summed E-state index contributed by atoms with van der Waals surface area (Å²) in [6.07, 6.45) is 3.50. The van der Waals surface area contributed by atoms with Gasteiger partial charge in [0.2, 0.25) is 0 Å². The Kier molecular flexibility index (Phi) is 7.82. The number of methoxy groups -OCH3 is 4. The van der Waals surface area contributed by atoms with Crippen LogP contribution in [0.1, 0.15) is 43.4 Å². The minimum absolute atomic E-state index is 0.118. The van der Waals surface area contributed by atoms with Crippen LogP contribution < -0.4 is 18.9 Å². The molecule has 2 fully saturated rings. The molecule has 222 valence electrons. The number of aliphatic hydroxyl groups excluding tert-OH is 1. The predicted octanol–water partition coefficient (Wildman–Crippen LogP) is 4.30. The Morgan fingerprint density at radius 3 is 2.17 bits per heavy atom. The molecule has 0 aromatic heterocycles.